The molecule has 2 aliphatic rings. The van der Waals surface area contributed by atoms with Crippen molar-refractivity contribution in [3.05, 3.63) is 24.3 Å². The van der Waals surface area contributed by atoms with E-state index in [1.807, 2.05) is 6.92 Å². The van der Waals surface area contributed by atoms with Crippen molar-refractivity contribution < 1.29 is 22.7 Å². The molecule has 1 saturated carbocycles. The van der Waals surface area contributed by atoms with Crippen LogP contribution in [0.2, 0.25) is 0 Å². The van der Waals surface area contributed by atoms with Crippen molar-refractivity contribution in [2.75, 3.05) is 30.9 Å². The number of hydrogen-bond donors (Lipinski definition) is 1. The molecule has 1 N–H and O–H groups in total. The van der Waals surface area contributed by atoms with Crippen LogP contribution in [0.1, 0.15) is 58.8 Å². The maximum atomic E-state index is 13.6. The number of rotatable bonds is 6. The van der Waals surface area contributed by atoms with Gasteiger partial charge in [-0.3, -0.25) is 14.5 Å². The molecule has 2 amide bonds. The molecule has 0 radical (unpaired) electrons. The van der Waals surface area contributed by atoms with Crippen LogP contribution in [0.4, 0.5) is 5.69 Å². The van der Waals surface area contributed by atoms with Gasteiger partial charge in [-0.05, 0) is 51.0 Å². The Kier molecular flexibility index (Phi) is 7.82. The molecule has 1 heterocycles. The van der Waals surface area contributed by atoms with Crippen molar-refractivity contribution in [2.45, 2.75) is 70.4 Å². The highest BCUT2D eigenvalue weighted by Crippen LogP contribution is 2.32. The molecule has 1 saturated heterocycles. The molecule has 1 aliphatic heterocycles. The second kappa shape index (κ2) is 10.2. The lowest BCUT2D eigenvalue weighted by Crippen LogP contribution is -2.70. The highest BCUT2D eigenvalue weighted by molar-refractivity contribution is 7.88. The number of hydrogen-bond acceptors (Lipinski definition) is 5. The molecule has 1 aromatic carbocycles. The van der Waals surface area contributed by atoms with Crippen molar-refractivity contribution in [2.24, 2.45) is 0 Å². The van der Waals surface area contributed by atoms with Crippen LogP contribution in [0.25, 0.3) is 0 Å². The van der Waals surface area contributed by atoms with Gasteiger partial charge in [-0.15, -0.1) is 0 Å². The lowest BCUT2D eigenvalue weighted by molar-refractivity contribution is -0.133. The minimum Gasteiger partial charge on any atom is -0.494 e. The monoisotopic (exact) mass is 465 g/mol. The summed E-state index contributed by atoms with van der Waals surface area (Å²) in [5, 5.41) is 3.14. The molecule has 0 aromatic heterocycles. The number of nitrogens with zero attached hydrogens (tertiary/aromatic N) is 2. The van der Waals surface area contributed by atoms with Gasteiger partial charge in [0.05, 0.1) is 19.4 Å². The van der Waals surface area contributed by atoms with Crippen LogP contribution in [-0.2, 0) is 19.6 Å². The zero-order valence-electron chi connectivity index (χ0n) is 19.3. The fourth-order valence-corrected chi connectivity index (χ4v) is 5.43. The molecule has 1 atom stereocenters. The topological polar surface area (TPSA) is 96.0 Å². The second-order valence-corrected chi connectivity index (χ2v) is 11.0. The summed E-state index contributed by atoms with van der Waals surface area (Å²) in [6.45, 7) is 3.67. The molecule has 8 nitrogen and oxygen atoms in total. The van der Waals surface area contributed by atoms with Crippen molar-refractivity contribution >= 4 is 27.5 Å². The van der Waals surface area contributed by atoms with Gasteiger partial charge < -0.3 is 10.1 Å². The Morgan fingerprint density at radius 2 is 1.72 bits per heavy atom. The van der Waals surface area contributed by atoms with E-state index in [9.17, 15) is 18.0 Å². The fraction of sp³-hybridized carbons (Fsp3) is 0.652. The quantitative estimate of drug-likeness (QED) is 0.697. The SMILES string of the molecule is CCOc1ccc(N2C(=O)CN(S(C)(=O)=O)C[C@]2(C)C(=O)NC2CCCCCCC2)cc1. The summed E-state index contributed by atoms with van der Waals surface area (Å²) in [6, 6.07) is 7.01. The van der Waals surface area contributed by atoms with E-state index in [1.165, 1.54) is 11.3 Å². The Morgan fingerprint density at radius 1 is 1.12 bits per heavy atom. The Morgan fingerprint density at radius 3 is 2.28 bits per heavy atom. The van der Waals surface area contributed by atoms with Gasteiger partial charge in [0.25, 0.3) is 0 Å². The maximum Gasteiger partial charge on any atom is 0.247 e. The summed E-state index contributed by atoms with van der Waals surface area (Å²) in [4.78, 5) is 28.2. The number of ether oxygens (including phenoxy) is 1. The molecule has 32 heavy (non-hydrogen) atoms. The number of sulfonamides is 1. The summed E-state index contributed by atoms with van der Waals surface area (Å²) in [5.41, 5.74) is -0.824. The molecule has 1 aliphatic carbocycles. The van der Waals surface area contributed by atoms with E-state index in [2.05, 4.69) is 5.32 Å². The number of benzene rings is 1. The van der Waals surface area contributed by atoms with E-state index < -0.39 is 21.5 Å². The Balaban J connectivity index is 1.92. The summed E-state index contributed by atoms with van der Waals surface area (Å²) >= 11 is 0. The molecular formula is C23H35N3O5S. The third kappa shape index (κ3) is 5.61. The van der Waals surface area contributed by atoms with E-state index in [1.54, 1.807) is 31.2 Å². The summed E-state index contributed by atoms with van der Waals surface area (Å²) in [6.07, 6.45) is 8.51. The van der Waals surface area contributed by atoms with Gasteiger partial charge in [-0.1, -0.05) is 32.1 Å². The predicted octanol–water partition coefficient (Wildman–Crippen LogP) is 2.68. The molecule has 9 heteroatoms. The highest BCUT2D eigenvalue weighted by atomic mass is 32.2. The maximum absolute atomic E-state index is 13.6. The van der Waals surface area contributed by atoms with Crippen LogP contribution in [0.5, 0.6) is 5.75 Å². The van der Waals surface area contributed by atoms with Crippen LogP contribution in [-0.4, -0.2) is 62.1 Å². The second-order valence-electron chi connectivity index (χ2n) is 8.98. The largest absolute Gasteiger partial charge is 0.494 e. The standard InChI is InChI=1S/C23H35N3O5S/c1-4-31-20-14-12-19(13-15-20)26-21(27)16-25(32(3,29)30)17-23(26,2)22(28)24-18-10-8-6-5-7-9-11-18/h12-15,18H,4-11,16-17H2,1-3H3,(H,24,28)/t23-/m1/s1. The number of amides is 2. The average molecular weight is 466 g/mol. The molecule has 0 bridgehead atoms. The van der Waals surface area contributed by atoms with E-state index >= 15 is 0 Å². The molecule has 178 valence electrons. The number of carbonyl (C=O) groups is 2. The normalized spacial score (nSPS) is 24.0. The first-order chi connectivity index (χ1) is 15.1. The first-order valence-corrected chi connectivity index (χ1v) is 13.3. The van der Waals surface area contributed by atoms with Gasteiger partial charge in [-0.25, -0.2) is 8.42 Å². The summed E-state index contributed by atoms with van der Waals surface area (Å²) in [7, 11) is -3.64. The third-order valence-electron chi connectivity index (χ3n) is 6.34. The minimum absolute atomic E-state index is 0.0329. The zero-order chi connectivity index (χ0) is 23.4. The highest BCUT2D eigenvalue weighted by Gasteiger charge is 2.50. The van der Waals surface area contributed by atoms with Crippen molar-refractivity contribution in [1.29, 1.82) is 0 Å². The van der Waals surface area contributed by atoms with Gasteiger partial charge in [0.1, 0.15) is 11.3 Å². The predicted molar refractivity (Wildman–Crippen MR) is 124 cm³/mol. The number of piperazine rings is 1. The number of carbonyl (C=O) groups excluding carboxylic acids is 2. The van der Waals surface area contributed by atoms with Gasteiger partial charge in [0, 0.05) is 18.3 Å². The fourth-order valence-electron chi connectivity index (χ4n) is 4.60. The van der Waals surface area contributed by atoms with E-state index in [0.29, 0.717) is 18.0 Å². The van der Waals surface area contributed by atoms with E-state index in [-0.39, 0.29) is 25.0 Å². The zero-order valence-corrected chi connectivity index (χ0v) is 20.1. The van der Waals surface area contributed by atoms with Crippen molar-refractivity contribution in [3.63, 3.8) is 0 Å². The average Bonchev–Trinajstić information content (AvgIpc) is 2.70. The number of anilines is 1. The summed E-state index contributed by atoms with van der Waals surface area (Å²) < 4.78 is 31.1. The van der Waals surface area contributed by atoms with Crippen LogP contribution >= 0.6 is 0 Å². The Hall–Kier alpha value is -2.13. The molecule has 1 aromatic rings. The first kappa shape index (κ1) is 24.5. The summed E-state index contributed by atoms with van der Waals surface area (Å²) in [5.74, 6) is -0.0843. The van der Waals surface area contributed by atoms with Crippen LogP contribution in [0, 0.1) is 0 Å². The molecule has 3 rings (SSSR count). The third-order valence-corrected chi connectivity index (χ3v) is 7.54. The molecule has 0 unspecified atom stereocenters. The van der Waals surface area contributed by atoms with Crippen LogP contribution in [0.15, 0.2) is 24.3 Å². The van der Waals surface area contributed by atoms with Gasteiger partial charge >= 0.3 is 0 Å². The Labute approximate surface area is 191 Å². The smallest absolute Gasteiger partial charge is 0.247 e. The van der Waals surface area contributed by atoms with Gasteiger partial charge in [0.15, 0.2) is 0 Å². The van der Waals surface area contributed by atoms with Crippen molar-refractivity contribution in [1.82, 2.24) is 9.62 Å². The lowest BCUT2D eigenvalue weighted by atomic mass is 9.92. The molecule has 2 fully saturated rings. The van der Waals surface area contributed by atoms with Crippen molar-refractivity contribution in [3.8, 4) is 5.75 Å². The Bertz CT molecular complexity index is 910. The first-order valence-electron chi connectivity index (χ1n) is 11.5. The van der Waals surface area contributed by atoms with Crippen LogP contribution in [0.3, 0.4) is 0 Å². The number of nitrogens with one attached hydrogen (secondary N) is 1. The lowest BCUT2D eigenvalue weighted by Gasteiger charge is -2.47. The molecule has 0 spiro atoms. The van der Waals surface area contributed by atoms with Crippen LogP contribution < -0.4 is 15.0 Å². The minimum atomic E-state index is -3.64. The van der Waals surface area contributed by atoms with E-state index in [0.717, 1.165) is 49.1 Å². The van der Waals surface area contributed by atoms with Gasteiger partial charge in [-0.2, -0.15) is 4.31 Å². The van der Waals surface area contributed by atoms with E-state index in [4.69, 9.17) is 4.74 Å². The van der Waals surface area contributed by atoms with Gasteiger partial charge in [0.2, 0.25) is 21.8 Å². The molecular weight excluding hydrogens is 430 g/mol.